The number of thiazole rings is 1. The molecule has 1 N–H and O–H groups in total. The van der Waals surface area contributed by atoms with Crippen LogP contribution in [0.4, 0.5) is 13.9 Å². The first kappa shape index (κ1) is 26.8. The summed E-state index contributed by atoms with van der Waals surface area (Å²) in [6, 6.07) is 5.87. The Hall–Kier alpha value is -2.21. The van der Waals surface area contributed by atoms with Gasteiger partial charge in [0.1, 0.15) is 12.3 Å². The van der Waals surface area contributed by atoms with Crippen molar-refractivity contribution in [2.45, 2.75) is 62.1 Å². The topological polar surface area (TPSA) is 94.6 Å². The highest BCUT2D eigenvalue weighted by molar-refractivity contribution is 7.90. The number of hydrogen-bond acceptors (Lipinski definition) is 7. The summed E-state index contributed by atoms with van der Waals surface area (Å²) in [5.74, 6) is -0.927. The maximum atomic E-state index is 13.8. The summed E-state index contributed by atoms with van der Waals surface area (Å²) >= 11 is 1.27. The predicted molar refractivity (Wildman–Crippen MR) is 134 cm³/mol. The van der Waals surface area contributed by atoms with Crippen LogP contribution >= 0.6 is 11.3 Å². The van der Waals surface area contributed by atoms with Crippen LogP contribution in [0.25, 0.3) is 5.57 Å². The third-order valence-corrected chi connectivity index (χ3v) is 8.20. The van der Waals surface area contributed by atoms with Crippen molar-refractivity contribution >= 4 is 37.8 Å². The Kier molecular flexibility index (Phi) is 8.87. The van der Waals surface area contributed by atoms with Crippen molar-refractivity contribution in [1.29, 1.82) is 0 Å². The molecule has 1 aliphatic carbocycles. The number of sulfone groups is 1. The third-order valence-electron chi connectivity index (χ3n) is 6.26. The summed E-state index contributed by atoms with van der Waals surface area (Å²) < 4.78 is 62.5. The Morgan fingerprint density at radius 2 is 1.94 bits per heavy atom. The molecule has 1 saturated heterocycles. The summed E-state index contributed by atoms with van der Waals surface area (Å²) in [5, 5.41) is 5.00. The van der Waals surface area contributed by atoms with Crippen molar-refractivity contribution in [2.75, 3.05) is 24.8 Å². The molecule has 0 spiro atoms. The van der Waals surface area contributed by atoms with Gasteiger partial charge in [-0.3, -0.25) is 10.1 Å². The maximum Gasteiger partial charge on any atom is 0.257 e. The van der Waals surface area contributed by atoms with Gasteiger partial charge in [0.05, 0.1) is 17.2 Å². The molecule has 2 heterocycles. The Bertz CT molecular complexity index is 1170. The molecule has 0 radical (unpaired) electrons. The molecule has 36 heavy (non-hydrogen) atoms. The van der Waals surface area contributed by atoms with Gasteiger partial charge < -0.3 is 9.47 Å². The molecule has 2 fully saturated rings. The van der Waals surface area contributed by atoms with Crippen LogP contribution < -0.4 is 5.32 Å². The quantitative estimate of drug-likeness (QED) is 0.462. The predicted octanol–water partition coefficient (Wildman–Crippen LogP) is 4.74. The van der Waals surface area contributed by atoms with Gasteiger partial charge in [0.15, 0.2) is 21.3 Å². The number of amides is 1. The number of alkyl halides is 2. The normalized spacial score (nSPS) is 25.1. The second-order valence-corrected chi connectivity index (χ2v) is 12.0. The van der Waals surface area contributed by atoms with Crippen molar-refractivity contribution < 1.29 is 31.5 Å². The van der Waals surface area contributed by atoms with Gasteiger partial charge in [0, 0.05) is 30.2 Å². The Morgan fingerprint density at radius 1 is 1.22 bits per heavy atom. The van der Waals surface area contributed by atoms with E-state index in [9.17, 15) is 22.0 Å². The van der Waals surface area contributed by atoms with E-state index in [1.165, 1.54) is 35.6 Å². The second kappa shape index (κ2) is 11.9. The lowest BCUT2D eigenvalue weighted by Gasteiger charge is -2.22. The van der Waals surface area contributed by atoms with Crippen LogP contribution in [-0.2, 0) is 30.5 Å². The van der Waals surface area contributed by atoms with E-state index >= 15 is 0 Å². The number of rotatable bonds is 9. The van der Waals surface area contributed by atoms with Crippen molar-refractivity contribution in [1.82, 2.24) is 4.98 Å². The Balaban J connectivity index is 1.45. The number of hydrogen-bond donors (Lipinski definition) is 1. The van der Waals surface area contributed by atoms with Crippen LogP contribution in [0.5, 0.6) is 0 Å². The van der Waals surface area contributed by atoms with Gasteiger partial charge in [0.25, 0.3) is 5.91 Å². The zero-order valence-electron chi connectivity index (χ0n) is 20.0. The van der Waals surface area contributed by atoms with Gasteiger partial charge in [-0.15, -0.1) is 11.3 Å². The number of nitrogens with zero attached hydrogens (tertiary/aromatic N) is 1. The molecule has 196 valence electrons. The Labute approximate surface area is 213 Å². The van der Waals surface area contributed by atoms with E-state index in [1.54, 1.807) is 6.08 Å². The summed E-state index contributed by atoms with van der Waals surface area (Å²) in [4.78, 5) is 17.8. The standard InChI is InChI=1S/C25H30F2N2O5S2/c1-36(31,32)19-7-5-17(6-8-19)20(12-16-13-21(26)22(27)14-16)24(30)29-25-28-18(15-35-25)9-11-34-23-4-2-3-10-33-23/h5-8,12,15-16,21-23H,2-4,9-11,13-14H2,1H3,(H,28,29,30)/t16?,21-,22+,23?. The maximum absolute atomic E-state index is 13.8. The fourth-order valence-corrected chi connectivity index (χ4v) is 5.68. The van der Waals surface area contributed by atoms with Crippen molar-refractivity contribution in [3.05, 3.63) is 47.0 Å². The molecule has 1 saturated carbocycles. The zero-order chi connectivity index (χ0) is 25.7. The number of allylic oxidation sites excluding steroid dienone is 1. The summed E-state index contributed by atoms with van der Waals surface area (Å²) in [5.41, 5.74) is 1.44. The molecular formula is C25H30F2N2O5S2. The van der Waals surface area contributed by atoms with E-state index in [2.05, 4.69) is 10.3 Å². The van der Waals surface area contributed by atoms with Crippen molar-refractivity contribution in [3.8, 4) is 0 Å². The van der Waals surface area contributed by atoms with Gasteiger partial charge in [-0.25, -0.2) is 22.2 Å². The SMILES string of the molecule is CS(=O)(=O)c1ccc(C(=CC2C[C@@H](F)[C@@H](F)C2)C(=O)Nc2nc(CCOC3CCCCO3)cs2)cc1. The average Bonchev–Trinajstić information content (AvgIpc) is 3.42. The van der Waals surface area contributed by atoms with Crippen LogP contribution in [0.1, 0.15) is 43.4 Å². The average molecular weight is 541 g/mol. The molecular weight excluding hydrogens is 510 g/mol. The van der Waals surface area contributed by atoms with E-state index in [0.29, 0.717) is 30.3 Å². The third kappa shape index (κ3) is 7.18. The molecule has 4 rings (SSSR count). The van der Waals surface area contributed by atoms with E-state index in [0.717, 1.165) is 31.2 Å². The van der Waals surface area contributed by atoms with Crippen LogP contribution in [0, 0.1) is 5.92 Å². The van der Waals surface area contributed by atoms with Crippen LogP contribution in [0.3, 0.4) is 0 Å². The lowest BCUT2D eigenvalue weighted by Crippen LogP contribution is -2.23. The summed E-state index contributed by atoms with van der Waals surface area (Å²) in [7, 11) is -3.41. The summed E-state index contributed by atoms with van der Waals surface area (Å²) in [6.45, 7) is 1.17. The molecule has 2 aliphatic rings. The molecule has 11 heteroatoms. The molecule has 1 aromatic carbocycles. The fourth-order valence-electron chi connectivity index (χ4n) is 4.31. The van der Waals surface area contributed by atoms with E-state index in [1.807, 2.05) is 5.38 Å². The number of aromatic nitrogens is 1. The Morgan fingerprint density at radius 3 is 2.58 bits per heavy atom. The van der Waals surface area contributed by atoms with Crippen LogP contribution in [0.15, 0.2) is 40.6 Å². The van der Waals surface area contributed by atoms with E-state index in [-0.39, 0.29) is 29.6 Å². The van der Waals surface area contributed by atoms with Gasteiger partial charge in [0.2, 0.25) is 0 Å². The minimum Gasteiger partial charge on any atom is -0.353 e. The lowest BCUT2D eigenvalue weighted by atomic mass is 9.98. The number of ether oxygens (including phenoxy) is 2. The number of carbonyl (C=O) groups excluding carboxylic acids is 1. The molecule has 2 aromatic rings. The van der Waals surface area contributed by atoms with Crippen molar-refractivity contribution in [2.24, 2.45) is 5.92 Å². The van der Waals surface area contributed by atoms with Crippen LogP contribution in [-0.4, -0.2) is 57.4 Å². The van der Waals surface area contributed by atoms with Crippen molar-refractivity contribution in [3.63, 3.8) is 0 Å². The highest BCUT2D eigenvalue weighted by Crippen LogP contribution is 2.34. The molecule has 1 amide bonds. The smallest absolute Gasteiger partial charge is 0.257 e. The molecule has 1 aliphatic heterocycles. The highest BCUT2D eigenvalue weighted by atomic mass is 32.2. The molecule has 7 nitrogen and oxygen atoms in total. The minimum absolute atomic E-state index is 0.00845. The van der Waals surface area contributed by atoms with E-state index < -0.39 is 34.0 Å². The zero-order valence-corrected chi connectivity index (χ0v) is 21.6. The number of benzene rings is 1. The minimum atomic E-state index is -3.41. The van der Waals surface area contributed by atoms with Crippen LogP contribution in [0.2, 0.25) is 0 Å². The molecule has 2 unspecified atom stereocenters. The molecule has 1 aromatic heterocycles. The molecule has 4 atom stereocenters. The van der Waals surface area contributed by atoms with Gasteiger partial charge in [-0.05, 0) is 55.7 Å². The number of carbonyl (C=O) groups is 1. The largest absolute Gasteiger partial charge is 0.353 e. The number of halogens is 2. The van der Waals surface area contributed by atoms with Gasteiger partial charge in [-0.1, -0.05) is 18.2 Å². The summed E-state index contributed by atoms with van der Waals surface area (Å²) in [6.07, 6.45) is 2.94. The van der Waals surface area contributed by atoms with Gasteiger partial charge in [-0.2, -0.15) is 0 Å². The number of nitrogens with one attached hydrogen (secondary N) is 1. The first-order chi connectivity index (χ1) is 17.2. The molecule has 0 bridgehead atoms. The fraction of sp³-hybridized carbons (Fsp3) is 0.520. The highest BCUT2D eigenvalue weighted by Gasteiger charge is 2.34. The number of anilines is 1. The van der Waals surface area contributed by atoms with E-state index in [4.69, 9.17) is 9.47 Å². The van der Waals surface area contributed by atoms with Gasteiger partial charge >= 0.3 is 0 Å². The first-order valence-electron chi connectivity index (χ1n) is 12.0. The first-order valence-corrected chi connectivity index (χ1v) is 14.8. The second-order valence-electron chi connectivity index (χ2n) is 9.16. The lowest BCUT2D eigenvalue weighted by molar-refractivity contribution is -0.161. The monoisotopic (exact) mass is 540 g/mol.